The summed E-state index contributed by atoms with van der Waals surface area (Å²) < 4.78 is 10.7. The van der Waals surface area contributed by atoms with Crippen LogP contribution < -0.4 is 15.4 Å². The maximum atomic E-state index is 12.1. The summed E-state index contributed by atoms with van der Waals surface area (Å²) in [5.74, 6) is 0.777. The predicted molar refractivity (Wildman–Crippen MR) is 87.4 cm³/mol. The number of hydrogen-bond acceptors (Lipinski definition) is 5. The normalized spacial score (nSPS) is 15.6. The fourth-order valence-corrected chi connectivity index (χ4v) is 2.38. The first-order valence-electron chi connectivity index (χ1n) is 7.46. The van der Waals surface area contributed by atoms with E-state index in [1.807, 2.05) is 39.0 Å². The lowest BCUT2D eigenvalue weighted by atomic mass is 10.2. The van der Waals surface area contributed by atoms with Gasteiger partial charge in [-0.3, -0.25) is 0 Å². The molecule has 0 saturated carbocycles. The maximum Gasteiger partial charge on any atom is 0.410 e. The molecule has 1 aliphatic heterocycles. The number of hydrogen-bond donors (Lipinski definition) is 1. The van der Waals surface area contributed by atoms with E-state index in [1.165, 1.54) is 0 Å². The Balaban J connectivity index is 1.99. The highest BCUT2D eigenvalue weighted by Gasteiger charge is 2.26. The van der Waals surface area contributed by atoms with Gasteiger partial charge in [-0.05, 0) is 32.9 Å². The van der Waals surface area contributed by atoms with E-state index in [-0.39, 0.29) is 6.09 Å². The minimum atomic E-state index is -0.467. The molecule has 2 N–H and O–H groups in total. The van der Waals surface area contributed by atoms with Crippen molar-refractivity contribution in [3.63, 3.8) is 0 Å². The van der Waals surface area contributed by atoms with Crippen LogP contribution in [0.1, 0.15) is 20.8 Å². The number of ether oxygens (including phenoxy) is 2. The number of anilines is 2. The van der Waals surface area contributed by atoms with Gasteiger partial charge in [-0.1, -0.05) is 0 Å². The number of nitrogens with zero attached hydrogens (tertiary/aromatic N) is 2. The number of benzene rings is 1. The van der Waals surface area contributed by atoms with Gasteiger partial charge >= 0.3 is 6.09 Å². The van der Waals surface area contributed by atoms with E-state index in [1.54, 1.807) is 12.0 Å². The van der Waals surface area contributed by atoms with Gasteiger partial charge in [0, 0.05) is 32.2 Å². The molecular weight excluding hydrogens is 282 g/mol. The van der Waals surface area contributed by atoms with Gasteiger partial charge in [-0.2, -0.15) is 0 Å². The Bertz CT molecular complexity index is 532. The van der Waals surface area contributed by atoms with Gasteiger partial charge in [0.15, 0.2) is 0 Å². The van der Waals surface area contributed by atoms with Crippen molar-refractivity contribution in [2.24, 2.45) is 0 Å². The summed E-state index contributed by atoms with van der Waals surface area (Å²) in [6.45, 7) is 8.29. The number of nitrogens with two attached hydrogens (primary N) is 1. The predicted octanol–water partition coefficient (Wildman–Crippen LogP) is 2.33. The molecule has 0 aromatic heterocycles. The molecule has 0 aliphatic carbocycles. The second-order valence-electron chi connectivity index (χ2n) is 6.38. The molecule has 0 radical (unpaired) electrons. The molecular formula is C16H25N3O3. The van der Waals surface area contributed by atoms with Crippen molar-refractivity contribution < 1.29 is 14.3 Å². The van der Waals surface area contributed by atoms with Crippen LogP contribution >= 0.6 is 0 Å². The third-order valence-electron chi connectivity index (χ3n) is 3.51. The summed E-state index contributed by atoms with van der Waals surface area (Å²) in [5.41, 5.74) is 7.25. The summed E-state index contributed by atoms with van der Waals surface area (Å²) >= 11 is 0. The fraction of sp³-hybridized carbons (Fsp3) is 0.562. The molecule has 1 aromatic rings. The molecule has 22 heavy (non-hydrogen) atoms. The van der Waals surface area contributed by atoms with E-state index >= 15 is 0 Å². The molecule has 1 amide bonds. The van der Waals surface area contributed by atoms with Gasteiger partial charge in [-0.15, -0.1) is 0 Å². The van der Waals surface area contributed by atoms with Gasteiger partial charge in [0.2, 0.25) is 0 Å². The smallest absolute Gasteiger partial charge is 0.410 e. The zero-order chi connectivity index (χ0) is 16.3. The van der Waals surface area contributed by atoms with Gasteiger partial charge < -0.3 is 25.0 Å². The molecule has 0 atom stereocenters. The van der Waals surface area contributed by atoms with Crippen LogP contribution in [0.2, 0.25) is 0 Å². The summed E-state index contributed by atoms with van der Waals surface area (Å²) in [4.78, 5) is 16.0. The first-order chi connectivity index (χ1) is 10.3. The lowest BCUT2D eigenvalue weighted by Gasteiger charge is -2.37. The average Bonchev–Trinajstić information content (AvgIpc) is 2.46. The number of carbonyl (C=O) groups is 1. The second kappa shape index (κ2) is 6.34. The Hall–Kier alpha value is -2.11. The molecule has 1 heterocycles. The minimum Gasteiger partial charge on any atom is -0.497 e. The van der Waals surface area contributed by atoms with Crippen LogP contribution in [-0.4, -0.2) is 49.9 Å². The van der Waals surface area contributed by atoms with E-state index in [4.69, 9.17) is 15.2 Å². The van der Waals surface area contributed by atoms with Crippen molar-refractivity contribution in [1.82, 2.24) is 4.90 Å². The zero-order valence-electron chi connectivity index (χ0n) is 13.8. The van der Waals surface area contributed by atoms with Crippen LogP contribution in [0.15, 0.2) is 18.2 Å². The van der Waals surface area contributed by atoms with Crippen molar-refractivity contribution >= 4 is 17.5 Å². The molecule has 0 unspecified atom stereocenters. The summed E-state index contributed by atoms with van der Waals surface area (Å²) in [7, 11) is 1.63. The number of methoxy groups -OCH3 is 1. The summed E-state index contributed by atoms with van der Waals surface area (Å²) in [6, 6.07) is 5.61. The number of rotatable bonds is 2. The molecule has 6 nitrogen and oxygen atoms in total. The van der Waals surface area contributed by atoms with Crippen molar-refractivity contribution in [3.8, 4) is 5.75 Å². The quantitative estimate of drug-likeness (QED) is 0.849. The van der Waals surface area contributed by atoms with E-state index in [0.717, 1.165) is 24.5 Å². The number of nitrogen functional groups attached to an aromatic ring is 1. The van der Waals surface area contributed by atoms with Crippen molar-refractivity contribution in [3.05, 3.63) is 18.2 Å². The lowest BCUT2D eigenvalue weighted by molar-refractivity contribution is 0.0240. The molecule has 1 aliphatic rings. The summed E-state index contributed by atoms with van der Waals surface area (Å²) in [6.07, 6.45) is -0.259. The van der Waals surface area contributed by atoms with Crippen LogP contribution in [0, 0.1) is 0 Å². The Morgan fingerprint density at radius 2 is 1.82 bits per heavy atom. The van der Waals surface area contributed by atoms with E-state index in [0.29, 0.717) is 18.8 Å². The van der Waals surface area contributed by atoms with Gasteiger partial charge in [0.05, 0.1) is 18.5 Å². The minimum absolute atomic E-state index is 0.259. The highest BCUT2D eigenvalue weighted by Crippen LogP contribution is 2.29. The van der Waals surface area contributed by atoms with Gasteiger partial charge in [0.1, 0.15) is 11.4 Å². The number of amides is 1. The molecule has 6 heteroatoms. The lowest BCUT2D eigenvalue weighted by Crippen LogP contribution is -2.50. The van der Waals surface area contributed by atoms with Crippen LogP contribution in [0.3, 0.4) is 0 Å². The molecule has 1 fully saturated rings. The van der Waals surface area contributed by atoms with Gasteiger partial charge in [0.25, 0.3) is 0 Å². The molecule has 0 bridgehead atoms. The van der Waals surface area contributed by atoms with Crippen LogP contribution in [0.5, 0.6) is 5.75 Å². The molecule has 1 saturated heterocycles. The monoisotopic (exact) mass is 307 g/mol. The first kappa shape index (κ1) is 16.3. The van der Waals surface area contributed by atoms with Crippen LogP contribution in [-0.2, 0) is 4.74 Å². The Morgan fingerprint density at radius 1 is 1.18 bits per heavy atom. The third-order valence-corrected chi connectivity index (χ3v) is 3.51. The van der Waals surface area contributed by atoms with Crippen LogP contribution in [0.25, 0.3) is 0 Å². The van der Waals surface area contributed by atoms with E-state index < -0.39 is 5.60 Å². The van der Waals surface area contributed by atoms with Gasteiger partial charge in [-0.25, -0.2) is 4.79 Å². The van der Waals surface area contributed by atoms with Crippen LogP contribution in [0.4, 0.5) is 16.2 Å². The molecule has 0 spiro atoms. The number of piperazine rings is 1. The highest BCUT2D eigenvalue weighted by atomic mass is 16.6. The average molecular weight is 307 g/mol. The van der Waals surface area contributed by atoms with E-state index in [2.05, 4.69) is 4.90 Å². The zero-order valence-corrected chi connectivity index (χ0v) is 13.8. The topological polar surface area (TPSA) is 68.0 Å². The maximum absolute atomic E-state index is 12.1. The van der Waals surface area contributed by atoms with E-state index in [9.17, 15) is 4.79 Å². The largest absolute Gasteiger partial charge is 0.497 e. The third kappa shape index (κ3) is 3.96. The molecule has 2 rings (SSSR count). The summed E-state index contributed by atoms with van der Waals surface area (Å²) in [5, 5.41) is 0. The standard InChI is InChI=1S/C16H25N3O3/c1-16(2,3)22-15(20)19-9-7-18(8-10-19)14-11-12(21-4)5-6-13(14)17/h5-6,11H,7-10,17H2,1-4H3. The molecule has 1 aromatic carbocycles. The van der Waals surface area contributed by atoms with Crippen molar-refractivity contribution in [2.45, 2.75) is 26.4 Å². The Kier molecular flexibility index (Phi) is 4.68. The molecule has 122 valence electrons. The van der Waals surface area contributed by atoms with Crippen molar-refractivity contribution in [1.29, 1.82) is 0 Å². The Labute approximate surface area is 131 Å². The fourth-order valence-electron chi connectivity index (χ4n) is 2.38. The van der Waals surface area contributed by atoms with Crippen molar-refractivity contribution in [2.75, 3.05) is 43.9 Å². The Morgan fingerprint density at radius 3 is 2.36 bits per heavy atom. The first-order valence-corrected chi connectivity index (χ1v) is 7.46. The second-order valence-corrected chi connectivity index (χ2v) is 6.38. The number of carbonyl (C=O) groups excluding carboxylic acids is 1. The SMILES string of the molecule is COc1ccc(N)c(N2CCN(C(=O)OC(C)(C)C)CC2)c1. The highest BCUT2D eigenvalue weighted by molar-refractivity contribution is 5.71.